The number of hydrogen-bond donors (Lipinski definition) is 2. The van der Waals surface area contributed by atoms with Gasteiger partial charge in [0.15, 0.2) is 6.61 Å². The first-order chi connectivity index (χ1) is 9.17. The molecule has 1 aromatic carbocycles. The molecule has 0 saturated heterocycles. The van der Waals surface area contributed by atoms with Gasteiger partial charge in [0, 0.05) is 11.6 Å². The van der Waals surface area contributed by atoms with Crippen LogP contribution < -0.4 is 15.8 Å². The zero-order chi connectivity index (χ0) is 15.3. The highest BCUT2D eigenvalue weighted by Crippen LogP contribution is 2.26. The number of halogens is 1. The van der Waals surface area contributed by atoms with Gasteiger partial charge in [0.05, 0.1) is 4.47 Å². The topological polar surface area (TPSA) is 64.3 Å². The fraction of sp³-hybridized carbons (Fsp3) is 0.533. The normalized spacial score (nSPS) is 12.9. The van der Waals surface area contributed by atoms with Crippen LogP contribution in [-0.4, -0.2) is 24.1 Å². The van der Waals surface area contributed by atoms with E-state index in [1.807, 2.05) is 45.9 Å². The summed E-state index contributed by atoms with van der Waals surface area (Å²) in [6, 6.07) is 5.91. The Morgan fingerprint density at radius 1 is 1.45 bits per heavy atom. The third kappa shape index (κ3) is 6.39. The van der Waals surface area contributed by atoms with Gasteiger partial charge in [-0.15, -0.1) is 0 Å². The molecular formula is C15H23BrN2O2. The fourth-order valence-corrected chi connectivity index (χ4v) is 2.30. The van der Waals surface area contributed by atoms with Gasteiger partial charge in [-0.3, -0.25) is 4.79 Å². The van der Waals surface area contributed by atoms with Crippen molar-refractivity contribution in [3.05, 3.63) is 28.2 Å². The predicted octanol–water partition coefficient (Wildman–Crippen LogP) is 2.63. The minimum Gasteiger partial charge on any atom is -0.483 e. The van der Waals surface area contributed by atoms with E-state index in [2.05, 4.69) is 21.2 Å². The summed E-state index contributed by atoms with van der Waals surface area (Å²) in [7, 11) is 0. The first kappa shape index (κ1) is 17.0. The van der Waals surface area contributed by atoms with E-state index in [9.17, 15) is 4.79 Å². The molecule has 0 bridgehead atoms. The van der Waals surface area contributed by atoms with Gasteiger partial charge in [0.2, 0.25) is 0 Å². The summed E-state index contributed by atoms with van der Waals surface area (Å²) in [5, 5.41) is 2.85. The van der Waals surface area contributed by atoms with Gasteiger partial charge in [-0.25, -0.2) is 0 Å². The Morgan fingerprint density at radius 3 is 2.60 bits per heavy atom. The molecule has 0 saturated carbocycles. The Kier molecular flexibility index (Phi) is 6.02. The SMILES string of the molecule is CC(N)Cc1ccc(OCC(=O)NC(C)(C)C)c(Br)c1. The molecule has 4 nitrogen and oxygen atoms in total. The zero-order valence-electron chi connectivity index (χ0n) is 12.5. The van der Waals surface area contributed by atoms with Crippen LogP contribution in [0.5, 0.6) is 5.75 Å². The van der Waals surface area contributed by atoms with Crippen molar-refractivity contribution in [1.29, 1.82) is 0 Å². The highest BCUT2D eigenvalue weighted by Gasteiger charge is 2.14. The highest BCUT2D eigenvalue weighted by atomic mass is 79.9. The van der Waals surface area contributed by atoms with Gasteiger partial charge in [-0.1, -0.05) is 6.07 Å². The molecule has 1 atom stereocenters. The van der Waals surface area contributed by atoms with Crippen LogP contribution in [0.1, 0.15) is 33.3 Å². The van der Waals surface area contributed by atoms with Crippen molar-refractivity contribution in [2.24, 2.45) is 5.73 Å². The molecule has 0 aliphatic heterocycles. The molecule has 5 heteroatoms. The second-order valence-corrected chi connectivity index (χ2v) is 6.89. The standard InChI is InChI=1S/C15H23BrN2O2/c1-10(17)7-11-5-6-13(12(16)8-11)20-9-14(19)18-15(2,3)4/h5-6,8,10H,7,9,17H2,1-4H3,(H,18,19). The first-order valence-corrected chi connectivity index (χ1v) is 7.44. The van der Waals surface area contributed by atoms with Crippen molar-refractivity contribution < 1.29 is 9.53 Å². The number of amides is 1. The summed E-state index contributed by atoms with van der Waals surface area (Å²) in [4.78, 5) is 11.7. The second kappa shape index (κ2) is 7.09. The van der Waals surface area contributed by atoms with Crippen LogP contribution >= 0.6 is 15.9 Å². The maximum absolute atomic E-state index is 11.7. The van der Waals surface area contributed by atoms with Gasteiger partial charge >= 0.3 is 0 Å². The summed E-state index contributed by atoms with van der Waals surface area (Å²) in [6.45, 7) is 7.77. The minimum atomic E-state index is -0.251. The molecule has 0 aliphatic rings. The third-order valence-corrected chi connectivity index (χ3v) is 3.05. The largest absolute Gasteiger partial charge is 0.483 e. The Bertz CT molecular complexity index is 467. The molecule has 112 valence electrons. The molecular weight excluding hydrogens is 320 g/mol. The van der Waals surface area contributed by atoms with Crippen LogP contribution in [0.15, 0.2) is 22.7 Å². The molecule has 0 heterocycles. The number of nitrogens with two attached hydrogens (primary N) is 1. The third-order valence-electron chi connectivity index (χ3n) is 2.43. The van der Waals surface area contributed by atoms with Gasteiger partial charge in [-0.05, 0) is 67.7 Å². The quantitative estimate of drug-likeness (QED) is 0.864. The van der Waals surface area contributed by atoms with Gasteiger partial charge in [0.1, 0.15) is 5.75 Å². The molecule has 0 aliphatic carbocycles. The maximum atomic E-state index is 11.7. The zero-order valence-corrected chi connectivity index (χ0v) is 14.1. The average molecular weight is 343 g/mol. The van der Waals surface area contributed by atoms with Crippen LogP contribution in [-0.2, 0) is 11.2 Å². The van der Waals surface area contributed by atoms with E-state index in [4.69, 9.17) is 10.5 Å². The van der Waals surface area contributed by atoms with Crippen molar-refractivity contribution in [1.82, 2.24) is 5.32 Å². The van der Waals surface area contributed by atoms with Crippen LogP contribution in [0, 0.1) is 0 Å². The lowest BCUT2D eigenvalue weighted by Crippen LogP contribution is -2.43. The second-order valence-electron chi connectivity index (χ2n) is 6.03. The van der Waals surface area contributed by atoms with Crippen molar-refractivity contribution in [3.63, 3.8) is 0 Å². The number of carbonyl (C=O) groups excluding carboxylic acids is 1. The van der Waals surface area contributed by atoms with E-state index in [0.29, 0.717) is 5.75 Å². The molecule has 1 rings (SSSR count). The van der Waals surface area contributed by atoms with E-state index in [-0.39, 0.29) is 24.1 Å². The summed E-state index contributed by atoms with van der Waals surface area (Å²) >= 11 is 3.45. The molecule has 1 amide bonds. The lowest BCUT2D eigenvalue weighted by atomic mass is 10.1. The molecule has 0 spiro atoms. The summed E-state index contributed by atoms with van der Waals surface area (Å²) in [6.07, 6.45) is 0.809. The van der Waals surface area contributed by atoms with E-state index in [1.165, 1.54) is 0 Å². The van der Waals surface area contributed by atoms with Crippen LogP contribution in [0.25, 0.3) is 0 Å². The number of nitrogens with one attached hydrogen (secondary N) is 1. The number of benzene rings is 1. The van der Waals surface area contributed by atoms with Crippen LogP contribution in [0.2, 0.25) is 0 Å². The van der Waals surface area contributed by atoms with Gasteiger partial charge in [0.25, 0.3) is 5.91 Å². The summed E-state index contributed by atoms with van der Waals surface area (Å²) in [5.41, 5.74) is 6.66. The fourth-order valence-electron chi connectivity index (χ4n) is 1.76. The smallest absolute Gasteiger partial charge is 0.258 e. The van der Waals surface area contributed by atoms with Crippen molar-refractivity contribution in [3.8, 4) is 5.75 Å². The molecule has 1 unspecified atom stereocenters. The van der Waals surface area contributed by atoms with Crippen molar-refractivity contribution in [2.75, 3.05) is 6.61 Å². The Morgan fingerprint density at radius 2 is 2.10 bits per heavy atom. The Hall–Kier alpha value is -1.07. The van der Waals surface area contributed by atoms with E-state index >= 15 is 0 Å². The number of rotatable bonds is 5. The lowest BCUT2D eigenvalue weighted by molar-refractivity contribution is -0.124. The van der Waals surface area contributed by atoms with E-state index < -0.39 is 0 Å². The van der Waals surface area contributed by atoms with E-state index in [0.717, 1.165) is 16.5 Å². The van der Waals surface area contributed by atoms with Crippen molar-refractivity contribution in [2.45, 2.75) is 45.7 Å². The predicted molar refractivity (Wildman–Crippen MR) is 84.9 cm³/mol. The highest BCUT2D eigenvalue weighted by molar-refractivity contribution is 9.10. The maximum Gasteiger partial charge on any atom is 0.258 e. The number of carbonyl (C=O) groups is 1. The van der Waals surface area contributed by atoms with Crippen LogP contribution in [0.4, 0.5) is 0 Å². The molecule has 1 aromatic rings. The number of ether oxygens (including phenoxy) is 1. The van der Waals surface area contributed by atoms with Gasteiger partial charge < -0.3 is 15.8 Å². The average Bonchev–Trinajstić information content (AvgIpc) is 2.24. The van der Waals surface area contributed by atoms with Crippen molar-refractivity contribution >= 4 is 21.8 Å². The van der Waals surface area contributed by atoms with E-state index in [1.54, 1.807) is 0 Å². The molecule has 0 radical (unpaired) electrons. The lowest BCUT2D eigenvalue weighted by Gasteiger charge is -2.20. The summed E-state index contributed by atoms with van der Waals surface area (Å²) < 4.78 is 6.35. The molecule has 0 aromatic heterocycles. The summed E-state index contributed by atoms with van der Waals surface area (Å²) in [5.74, 6) is 0.520. The first-order valence-electron chi connectivity index (χ1n) is 6.65. The Labute approximate surface area is 129 Å². The Balaban J connectivity index is 2.59. The molecule has 3 N–H and O–H groups in total. The molecule has 0 fully saturated rings. The number of hydrogen-bond acceptors (Lipinski definition) is 3. The monoisotopic (exact) mass is 342 g/mol. The van der Waals surface area contributed by atoms with Crippen LogP contribution in [0.3, 0.4) is 0 Å². The minimum absolute atomic E-state index is 0.00249. The molecule has 20 heavy (non-hydrogen) atoms. The van der Waals surface area contributed by atoms with Gasteiger partial charge in [-0.2, -0.15) is 0 Å².